The zero-order valence-corrected chi connectivity index (χ0v) is 22.9. The molecule has 41 heavy (non-hydrogen) atoms. The molecule has 2 atom stereocenters. The Balaban J connectivity index is 1.20. The van der Waals surface area contributed by atoms with Gasteiger partial charge >= 0.3 is 5.97 Å². The number of ether oxygens (including phenoxy) is 1. The molecule has 6 nitrogen and oxygen atoms in total. The molecule has 202 valence electrons. The molecule has 0 unspecified atom stereocenters. The maximum Gasteiger partial charge on any atom is 0.338 e. The van der Waals surface area contributed by atoms with Crippen molar-refractivity contribution in [2.75, 3.05) is 11.5 Å². The summed E-state index contributed by atoms with van der Waals surface area (Å²) in [5.41, 5.74) is 3.81. The second kappa shape index (κ2) is 9.13. The van der Waals surface area contributed by atoms with Crippen molar-refractivity contribution in [1.29, 1.82) is 0 Å². The minimum atomic E-state index is -1.27. The summed E-state index contributed by atoms with van der Waals surface area (Å²) in [6, 6.07) is 29.4. The van der Waals surface area contributed by atoms with Crippen LogP contribution in [0.1, 0.15) is 43.0 Å². The molecule has 0 N–H and O–H groups in total. The molecule has 8 heteroatoms. The van der Waals surface area contributed by atoms with Crippen LogP contribution in [0.15, 0.2) is 103 Å². The predicted octanol–water partition coefficient (Wildman–Crippen LogP) is 5.82. The summed E-state index contributed by atoms with van der Waals surface area (Å²) in [7, 11) is 0. The number of rotatable bonds is 5. The van der Waals surface area contributed by atoms with E-state index in [4.69, 9.17) is 27.9 Å². The average Bonchev–Trinajstić information content (AvgIpc) is 3.29. The van der Waals surface area contributed by atoms with E-state index in [0.29, 0.717) is 11.3 Å². The number of nitrogens with zero attached hydrogens (tertiary/aromatic N) is 1. The fourth-order valence-electron chi connectivity index (χ4n) is 6.59. The van der Waals surface area contributed by atoms with Gasteiger partial charge in [-0.05, 0) is 46.5 Å². The van der Waals surface area contributed by atoms with Crippen molar-refractivity contribution in [3.63, 3.8) is 0 Å². The number of esters is 1. The van der Waals surface area contributed by atoms with Crippen molar-refractivity contribution < 1.29 is 23.9 Å². The minimum Gasteiger partial charge on any atom is -0.454 e. The molecular weight excluding hydrogens is 561 g/mol. The van der Waals surface area contributed by atoms with E-state index in [2.05, 4.69) is 0 Å². The number of Topliss-reactive ketones (excluding diaryl/α,β-unsaturated/α-hetero) is 1. The fourth-order valence-corrected chi connectivity index (χ4v) is 7.69. The molecule has 0 saturated carbocycles. The number of hydrogen-bond acceptors (Lipinski definition) is 5. The number of carbonyl (C=O) groups is 4. The first kappa shape index (κ1) is 25.7. The Morgan fingerprint density at radius 1 is 0.634 bits per heavy atom. The van der Waals surface area contributed by atoms with Gasteiger partial charge in [0.25, 0.3) is 0 Å². The predicted molar refractivity (Wildman–Crippen MR) is 153 cm³/mol. The summed E-state index contributed by atoms with van der Waals surface area (Å²) in [5.74, 6) is -3.77. The molecule has 2 bridgehead atoms. The van der Waals surface area contributed by atoms with Crippen molar-refractivity contribution in [2.45, 2.75) is 9.75 Å². The highest BCUT2D eigenvalue weighted by Crippen LogP contribution is 2.69. The first-order valence-electron chi connectivity index (χ1n) is 13.1. The van der Waals surface area contributed by atoms with Gasteiger partial charge in [0.05, 0.1) is 23.1 Å². The quantitative estimate of drug-likeness (QED) is 0.128. The van der Waals surface area contributed by atoms with Gasteiger partial charge in [0.1, 0.15) is 9.75 Å². The topological polar surface area (TPSA) is 80.8 Å². The smallest absolute Gasteiger partial charge is 0.338 e. The van der Waals surface area contributed by atoms with Crippen LogP contribution in [0.3, 0.4) is 0 Å². The maximum atomic E-state index is 14.1. The van der Waals surface area contributed by atoms with Gasteiger partial charge in [-0.15, -0.1) is 23.2 Å². The van der Waals surface area contributed by atoms with E-state index < -0.39 is 46.0 Å². The lowest BCUT2D eigenvalue weighted by Gasteiger charge is -2.54. The number of halogens is 2. The van der Waals surface area contributed by atoms with Gasteiger partial charge in [-0.3, -0.25) is 14.4 Å². The van der Waals surface area contributed by atoms with Crippen LogP contribution >= 0.6 is 23.2 Å². The van der Waals surface area contributed by atoms with E-state index in [1.54, 1.807) is 30.3 Å². The summed E-state index contributed by atoms with van der Waals surface area (Å²) in [6.45, 7) is -0.409. The van der Waals surface area contributed by atoms with E-state index in [1.165, 1.54) is 24.3 Å². The molecule has 4 aromatic carbocycles. The Morgan fingerprint density at radius 2 is 1.07 bits per heavy atom. The third kappa shape index (κ3) is 3.44. The maximum absolute atomic E-state index is 14.1. The first-order valence-corrected chi connectivity index (χ1v) is 13.8. The first-order chi connectivity index (χ1) is 19.8. The van der Waals surface area contributed by atoms with Crippen LogP contribution < -0.4 is 4.90 Å². The lowest BCUT2D eigenvalue weighted by atomic mass is 9.54. The molecule has 0 spiro atoms. The molecule has 1 aliphatic heterocycles. The summed E-state index contributed by atoms with van der Waals surface area (Å²) < 4.78 is 5.19. The molecule has 8 rings (SSSR count). The number of benzene rings is 4. The standard InChI is InChI=1S/C33H21Cl2NO5/c34-32-22-10-4-5-11-23(22)33(35,25-13-7-6-12-24(25)32)28-27(32)29(38)36(30(28)39)21-16-14-20(15-17-21)31(40)41-18-26(37)19-8-2-1-3-9-19/h1-17,27-28H,18H2/t27-,28-,32?,33?/m0/s1. The van der Waals surface area contributed by atoms with Crippen molar-refractivity contribution in [3.05, 3.63) is 137 Å². The Kier molecular flexibility index (Phi) is 5.72. The average molecular weight is 582 g/mol. The number of ketones is 1. The van der Waals surface area contributed by atoms with E-state index in [9.17, 15) is 19.2 Å². The molecule has 1 saturated heterocycles. The SMILES string of the molecule is O=C(COC(=O)c1ccc(N2C(=O)[C@@H]3[C@@H](C2=O)C2(Cl)c4ccccc4C3(Cl)c3ccccc32)cc1)c1ccccc1. The van der Waals surface area contributed by atoms with Gasteiger partial charge in [0.2, 0.25) is 11.8 Å². The Hall–Kier alpha value is -4.26. The molecular formula is C33H21Cl2NO5. The Bertz CT molecular complexity index is 1650. The van der Waals surface area contributed by atoms with Gasteiger partial charge in [0.15, 0.2) is 12.4 Å². The number of amides is 2. The Morgan fingerprint density at radius 3 is 1.54 bits per heavy atom. The van der Waals surface area contributed by atoms with Crippen LogP contribution in [0, 0.1) is 11.8 Å². The highest BCUT2D eigenvalue weighted by molar-refractivity contribution is 6.38. The van der Waals surface area contributed by atoms with Gasteiger partial charge in [-0.2, -0.15) is 0 Å². The number of imide groups is 1. The second-order valence-electron chi connectivity index (χ2n) is 10.4. The molecule has 1 heterocycles. The lowest BCUT2D eigenvalue weighted by Crippen LogP contribution is -2.57. The van der Waals surface area contributed by atoms with Crippen molar-refractivity contribution in [3.8, 4) is 0 Å². The van der Waals surface area contributed by atoms with Crippen LogP contribution in [0.25, 0.3) is 0 Å². The third-order valence-corrected chi connectivity index (χ3v) is 9.66. The molecule has 0 radical (unpaired) electrons. The van der Waals surface area contributed by atoms with Crippen LogP contribution in [0.5, 0.6) is 0 Å². The summed E-state index contributed by atoms with van der Waals surface area (Å²) >= 11 is 14.9. The van der Waals surface area contributed by atoms with E-state index in [1.807, 2.05) is 48.5 Å². The number of alkyl halides is 2. The minimum absolute atomic E-state index is 0.175. The van der Waals surface area contributed by atoms with E-state index >= 15 is 0 Å². The zero-order chi connectivity index (χ0) is 28.5. The molecule has 4 aliphatic rings. The molecule has 0 aromatic heterocycles. The summed E-state index contributed by atoms with van der Waals surface area (Å²) in [4.78, 5) is 51.6. The molecule has 1 fully saturated rings. The van der Waals surface area contributed by atoms with Gasteiger partial charge in [-0.1, -0.05) is 78.9 Å². The normalized spacial score (nSPS) is 25.4. The fraction of sp³-hybridized carbons (Fsp3) is 0.152. The summed E-state index contributed by atoms with van der Waals surface area (Å²) in [5, 5.41) is 0. The van der Waals surface area contributed by atoms with Crippen LogP contribution in [-0.2, 0) is 24.1 Å². The molecule has 4 aromatic rings. The highest BCUT2D eigenvalue weighted by Gasteiger charge is 2.73. The zero-order valence-electron chi connectivity index (χ0n) is 21.4. The largest absolute Gasteiger partial charge is 0.454 e. The van der Waals surface area contributed by atoms with Crippen LogP contribution in [0.2, 0.25) is 0 Å². The van der Waals surface area contributed by atoms with E-state index in [0.717, 1.165) is 27.2 Å². The van der Waals surface area contributed by atoms with Gasteiger partial charge < -0.3 is 4.74 Å². The summed E-state index contributed by atoms with van der Waals surface area (Å²) in [6.07, 6.45) is 0. The second-order valence-corrected chi connectivity index (χ2v) is 11.6. The van der Waals surface area contributed by atoms with Crippen LogP contribution in [0.4, 0.5) is 5.69 Å². The van der Waals surface area contributed by atoms with Crippen molar-refractivity contribution in [1.82, 2.24) is 0 Å². The van der Waals surface area contributed by atoms with E-state index in [-0.39, 0.29) is 11.3 Å². The molecule has 2 amide bonds. The number of anilines is 1. The van der Waals surface area contributed by atoms with Crippen molar-refractivity contribution in [2.24, 2.45) is 11.8 Å². The van der Waals surface area contributed by atoms with Crippen molar-refractivity contribution >= 4 is 52.5 Å². The third-order valence-electron chi connectivity index (χ3n) is 8.38. The number of hydrogen-bond donors (Lipinski definition) is 0. The monoisotopic (exact) mass is 581 g/mol. The molecule has 3 aliphatic carbocycles. The van der Waals surface area contributed by atoms with Gasteiger partial charge in [0, 0.05) is 5.56 Å². The lowest BCUT2D eigenvalue weighted by molar-refractivity contribution is -0.122. The Labute approximate surface area is 245 Å². The highest BCUT2D eigenvalue weighted by atomic mass is 35.5. The van der Waals surface area contributed by atoms with Crippen LogP contribution in [-0.4, -0.2) is 30.2 Å². The number of carbonyl (C=O) groups excluding carboxylic acids is 4. The van der Waals surface area contributed by atoms with Gasteiger partial charge in [-0.25, -0.2) is 9.69 Å².